The third kappa shape index (κ3) is 5.35. The van der Waals surface area contributed by atoms with Crippen molar-refractivity contribution in [2.45, 2.75) is 26.2 Å². The van der Waals surface area contributed by atoms with Crippen LogP contribution in [0.5, 0.6) is 5.75 Å². The lowest BCUT2D eigenvalue weighted by Gasteiger charge is -2.27. The standard InChI is InChI=1S/C23H28N2O4/c1-23(2,3)18-9-5-7-11-20(18)29-16-21(26)24-19-10-6-4-8-17(19)22(27)25-12-14-28-15-13-25/h4-11H,12-16H2,1-3H3,(H,24,26). The van der Waals surface area contributed by atoms with Crippen LogP contribution in [-0.2, 0) is 14.9 Å². The molecular formula is C23H28N2O4. The van der Waals surface area contributed by atoms with Crippen LogP contribution in [0.15, 0.2) is 48.5 Å². The molecule has 0 saturated carbocycles. The Bertz CT molecular complexity index is 867. The summed E-state index contributed by atoms with van der Waals surface area (Å²) in [5, 5.41) is 2.82. The van der Waals surface area contributed by atoms with Gasteiger partial charge in [0, 0.05) is 13.1 Å². The normalized spacial score (nSPS) is 14.4. The van der Waals surface area contributed by atoms with Gasteiger partial charge in [-0.05, 0) is 29.2 Å². The van der Waals surface area contributed by atoms with E-state index in [0.29, 0.717) is 43.3 Å². The minimum atomic E-state index is -0.309. The van der Waals surface area contributed by atoms with Crippen molar-refractivity contribution in [3.05, 3.63) is 59.7 Å². The summed E-state index contributed by atoms with van der Waals surface area (Å²) in [6.45, 7) is 8.33. The highest BCUT2D eigenvalue weighted by atomic mass is 16.5. The highest BCUT2D eigenvalue weighted by molar-refractivity contribution is 6.04. The minimum Gasteiger partial charge on any atom is -0.483 e. The third-order valence-corrected chi connectivity index (χ3v) is 4.78. The van der Waals surface area contributed by atoms with Gasteiger partial charge in [-0.25, -0.2) is 0 Å². The van der Waals surface area contributed by atoms with Gasteiger partial charge in [-0.3, -0.25) is 9.59 Å². The lowest BCUT2D eigenvalue weighted by Crippen LogP contribution is -2.41. The number of amides is 2. The van der Waals surface area contributed by atoms with E-state index in [2.05, 4.69) is 26.1 Å². The summed E-state index contributed by atoms with van der Waals surface area (Å²) in [7, 11) is 0. The van der Waals surface area contributed by atoms with Crippen molar-refractivity contribution < 1.29 is 19.1 Å². The SMILES string of the molecule is CC(C)(C)c1ccccc1OCC(=O)Nc1ccccc1C(=O)N1CCOCC1. The zero-order chi connectivity index (χ0) is 20.9. The van der Waals surface area contributed by atoms with Crippen molar-refractivity contribution >= 4 is 17.5 Å². The number of anilines is 1. The van der Waals surface area contributed by atoms with E-state index in [1.54, 1.807) is 29.2 Å². The Balaban J connectivity index is 1.67. The number of carbonyl (C=O) groups excluding carboxylic acids is 2. The van der Waals surface area contributed by atoms with Crippen LogP contribution in [0.25, 0.3) is 0 Å². The molecule has 1 N–H and O–H groups in total. The molecule has 0 aromatic heterocycles. The van der Waals surface area contributed by atoms with E-state index < -0.39 is 0 Å². The summed E-state index contributed by atoms with van der Waals surface area (Å²) in [6, 6.07) is 14.8. The second kappa shape index (κ2) is 9.09. The fourth-order valence-electron chi connectivity index (χ4n) is 3.26. The predicted molar refractivity (Wildman–Crippen MR) is 112 cm³/mol. The number of morpholine rings is 1. The topological polar surface area (TPSA) is 67.9 Å². The molecule has 3 rings (SSSR count). The Morgan fingerprint density at radius 1 is 1.03 bits per heavy atom. The van der Waals surface area contributed by atoms with E-state index in [4.69, 9.17) is 9.47 Å². The van der Waals surface area contributed by atoms with Gasteiger partial charge in [-0.1, -0.05) is 51.1 Å². The summed E-state index contributed by atoms with van der Waals surface area (Å²) < 4.78 is 11.1. The monoisotopic (exact) mass is 396 g/mol. The van der Waals surface area contributed by atoms with Crippen molar-refractivity contribution in [2.24, 2.45) is 0 Å². The molecule has 0 aliphatic carbocycles. The maximum absolute atomic E-state index is 12.8. The van der Waals surface area contributed by atoms with Gasteiger partial charge >= 0.3 is 0 Å². The van der Waals surface area contributed by atoms with Gasteiger partial charge in [-0.2, -0.15) is 0 Å². The number of benzene rings is 2. The zero-order valence-corrected chi connectivity index (χ0v) is 17.2. The van der Waals surface area contributed by atoms with E-state index in [0.717, 1.165) is 5.56 Å². The van der Waals surface area contributed by atoms with Crippen molar-refractivity contribution in [3.63, 3.8) is 0 Å². The maximum Gasteiger partial charge on any atom is 0.262 e. The van der Waals surface area contributed by atoms with Gasteiger partial charge in [-0.15, -0.1) is 0 Å². The molecule has 1 heterocycles. The summed E-state index contributed by atoms with van der Waals surface area (Å²) in [5.41, 5.74) is 1.90. The Morgan fingerprint density at radius 3 is 2.41 bits per heavy atom. The zero-order valence-electron chi connectivity index (χ0n) is 17.2. The second-order valence-electron chi connectivity index (χ2n) is 8.03. The Hall–Kier alpha value is -2.86. The average molecular weight is 396 g/mol. The highest BCUT2D eigenvalue weighted by Crippen LogP contribution is 2.31. The lowest BCUT2D eigenvalue weighted by molar-refractivity contribution is -0.118. The molecule has 1 aliphatic heterocycles. The van der Waals surface area contributed by atoms with Crippen LogP contribution in [0.1, 0.15) is 36.7 Å². The first-order valence-electron chi connectivity index (χ1n) is 9.84. The van der Waals surface area contributed by atoms with Crippen molar-refractivity contribution in [1.29, 1.82) is 0 Å². The molecule has 29 heavy (non-hydrogen) atoms. The molecule has 0 atom stereocenters. The molecule has 0 bridgehead atoms. The molecule has 2 aromatic rings. The molecule has 154 valence electrons. The molecule has 0 unspecified atom stereocenters. The van der Waals surface area contributed by atoms with Crippen LogP contribution in [-0.4, -0.2) is 49.6 Å². The van der Waals surface area contributed by atoms with Crippen LogP contribution in [0.2, 0.25) is 0 Å². The summed E-state index contributed by atoms with van der Waals surface area (Å²) in [4.78, 5) is 27.1. The third-order valence-electron chi connectivity index (χ3n) is 4.78. The molecule has 1 fully saturated rings. The quantitative estimate of drug-likeness (QED) is 0.840. The summed E-state index contributed by atoms with van der Waals surface area (Å²) >= 11 is 0. The van der Waals surface area contributed by atoms with E-state index in [1.165, 1.54) is 0 Å². The van der Waals surface area contributed by atoms with E-state index in [9.17, 15) is 9.59 Å². The minimum absolute atomic E-state index is 0.0930. The Morgan fingerprint density at radius 2 is 1.69 bits per heavy atom. The van der Waals surface area contributed by atoms with Crippen molar-refractivity contribution in [1.82, 2.24) is 4.90 Å². The first-order chi connectivity index (χ1) is 13.9. The number of carbonyl (C=O) groups is 2. The number of para-hydroxylation sites is 2. The number of hydrogen-bond acceptors (Lipinski definition) is 4. The van der Waals surface area contributed by atoms with Crippen LogP contribution in [0.4, 0.5) is 5.69 Å². The van der Waals surface area contributed by atoms with Gasteiger partial charge in [0.05, 0.1) is 24.5 Å². The highest BCUT2D eigenvalue weighted by Gasteiger charge is 2.22. The number of nitrogens with one attached hydrogen (secondary N) is 1. The second-order valence-corrected chi connectivity index (χ2v) is 8.03. The fourth-order valence-corrected chi connectivity index (χ4v) is 3.26. The Labute approximate surface area is 171 Å². The number of hydrogen-bond donors (Lipinski definition) is 1. The first-order valence-corrected chi connectivity index (χ1v) is 9.84. The van der Waals surface area contributed by atoms with Crippen LogP contribution >= 0.6 is 0 Å². The van der Waals surface area contributed by atoms with E-state index >= 15 is 0 Å². The fraction of sp³-hybridized carbons (Fsp3) is 0.391. The average Bonchev–Trinajstić information content (AvgIpc) is 2.72. The smallest absolute Gasteiger partial charge is 0.262 e. The van der Waals surface area contributed by atoms with Gasteiger partial charge < -0.3 is 19.7 Å². The van der Waals surface area contributed by atoms with Crippen LogP contribution in [0, 0.1) is 0 Å². The predicted octanol–water partition coefficient (Wildman–Crippen LogP) is 3.47. The largest absolute Gasteiger partial charge is 0.483 e. The number of rotatable bonds is 5. The van der Waals surface area contributed by atoms with Gasteiger partial charge in [0.25, 0.3) is 11.8 Å². The van der Waals surface area contributed by atoms with Crippen molar-refractivity contribution in [3.8, 4) is 5.75 Å². The van der Waals surface area contributed by atoms with Crippen LogP contribution in [0.3, 0.4) is 0 Å². The summed E-state index contributed by atoms with van der Waals surface area (Å²) in [6.07, 6.45) is 0. The van der Waals surface area contributed by atoms with Crippen LogP contribution < -0.4 is 10.1 Å². The van der Waals surface area contributed by atoms with E-state index in [-0.39, 0.29) is 23.8 Å². The van der Waals surface area contributed by atoms with Crippen molar-refractivity contribution in [2.75, 3.05) is 38.2 Å². The van der Waals surface area contributed by atoms with Gasteiger partial charge in [0.15, 0.2) is 6.61 Å². The molecule has 1 saturated heterocycles. The first kappa shape index (κ1) is 20.9. The van der Waals surface area contributed by atoms with Gasteiger partial charge in [0.1, 0.15) is 5.75 Å². The Kier molecular flexibility index (Phi) is 6.54. The molecule has 1 aliphatic rings. The van der Waals surface area contributed by atoms with Gasteiger partial charge in [0.2, 0.25) is 0 Å². The molecule has 0 radical (unpaired) electrons. The van der Waals surface area contributed by atoms with E-state index in [1.807, 2.05) is 24.3 Å². The maximum atomic E-state index is 12.8. The number of ether oxygens (including phenoxy) is 2. The summed E-state index contributed by atoms with van der Waals surface area (Å²) in [5.74, 6) is 0.270. The molecular weight excluding hydrogens is 368 g/mol. The molecule has 0 spiro atoms. The number of nitrogens with zero attached hydrogens (tertiary/aromatic N) is 1. The molecule has 2 aromatic carbocycles. The molecule has 6 heteroatoms. The molecule has 2 amide bonds. The molecule has 6 nitrogen and oxygen atoms in total. The lowest BCUT2D eigenvalue weighted by atomic mass is 9.86.